The van der Waals surface area contributed by atoms with Gasteiger partial charge in [0.15, 0.2) is 0 Å². The highest BCUT2D eigenvalue weighted by atomic mass is 19.3. The van der Waals surface area contributed by atoms with Crippen LogP contribution in [-0.2, 0) is 4.79 Å². The molecule has 30 heavy (non-hydrogen) atoms. The summed E-state index contributed by atoms with van der Waals surface area (Å²) in [7, 11) is 2.04. The molecule has 0 spiro atoms. The molecule has 0 saturated carbocycles. The van der Waals surface area contributed by atoms with Crippen LogP contribution in [-0.4, -0.2) is 61.0 Å². The van der Waals surface area contributed by atoms with Gasteiger partial charge in [-0.05, 0) is 57.2 Å². The van der Waals surface area contributed by atoms with Crippen LogP contribution >= 0.6 is 0 Å². The molecule has 6 nitrogen and oxygen atoms in total. The zero-order valence-corrected chi connectivity index (χ0v) is 16.9. The van der Waals surface area contributed by atoms with Crippen LogP contribution in [0.1, 0.15) is 24.8 Å². The summed E-state index contributed by atoms with van der Waals surface area (Å²) >= 11 is 0. The van der Waals surface area contributed by atoms with Gasteiger partial charge in [0, 0.05) is 36.3 Å². The van der Waals surface area contributed by atoms with Crippen LogP contribution in [0.2, 0.25) is 0 Å². The Balaban J connectivity index is 1.57. The maximum Gasteiger partial charge on any atom is 0.266 e. The number of nitrogens with zero attached hydrogens (tertiary/aromatic N) is 4. The molecule has 0 bridgehead atoms. The van der Waals surface area contributed by atoms with Crippen LogP contribution in [0.5, 0.6) is 0 Å². The number of anilines is 1. The molecular formula is C22H25F2N5O. The molecule has 0 radical (unpaired) electrons. The Labute approximate surface area is 174 Å². The number of nitrogens with one attached hydrogen (secondary N) is 1. The number of halogens is 2. The molecule has 0 aliphatic carbocycles. The number of carbonyl (C=O) groups is 1. The normalized spacial score (nSPS) is 22.6. The van der Waals surface area contributed by atoms with Gasteiger partial charge in [0.2, 0.25) is 5.91 Å². The number of amides is 1. The second-order valence-corrected chi connectivity index (χ2v) is 8.37. The molecule has 1 amide bonds. The predicted octanol–water partition coefficient (Wildman–Crippen LogP) is 2.78. The summed E-state index contributed by atoms with van der Waals surface area (Å²) in [6.07, 6.45) is 2.80. The first-order chi connectivity index (χ1) is 14.4. The van der Waals surface area contributed by atoms with Crippen molar-refractivity contribution in [3.05, 3.63) is 36.0 Å². The van der Waals surface area contributed by atoms with Gasteiger partial charge in [0.25, 0.3) is 5.92 Å². The fourth-order valence-corrected chi connectivity index (χ4v) is 4.45. The van der Waals surface area contributed by atoms with Crippen LogP contribution in [0.25, 0.3) is 10.9 Å². The zero-order valence-electron chi connectivity index (χ0n) is 16.9. The third kappa shape index (κ3) is 4.21. The lowest BCUT2D eigenvalue weighted by Gasteiger charge is -2.39. The van der Waals surface area contributed by atoms with Crippen molar-refractivity contribution in [2.24, 2.45) is 5.92 Å². The maximum atomic E-state index is 14.6. The second-order valence-electron chi connectivity index (χ2n) is 8.37. The number of pyridine rings is 1. The number of likely N-dealkylation sites (tertiary alicyclic amines) is 1. The van der Waals surface area contributed by atoms with E-state index in [-0.39, 0.29) is 18.5 Å². The molecule has 2 saturated heterocycles. The number of hydrogen-bond acceptors (Lipinski definition) is 5. The Hall–Kier alpha value is -2.79. The molecule has 2 aliphatic heterocycles. The standard InChI is InChI=1S/C22H25F2N5O/c1-28-9-6-17(7-10-28)27-21(30)16-11-22(23,24)14-29(13-16)19-5-4-15(12-25)20-18(19)3-2-8-26-20/h2-5,8,16-17H,6-7,9-11,13-14H2,1H3,(H,27,30). The number of hydrogen-bond donors (Lipinski definition) is 1. The lowest BCUT2D eigenvalue weighted by Crippen LogP contribution is -2.53. The number of piperidine rings is 2. The second kappa shape index (κ2) is 8.15. The van der Waals surface area contributed by atoms with Crippen molar-refractivity contribution in [2.45, 2.75) is 31.2 Å². The molecule has 2 aliphatic rings. The Morgan fingerprint density at radius 2 is 2.07 bits per heavy atom. The summed E-state index contributed by atoms with van der Waals surface area (Å²) in [5.41, 5.74) is 1.46. The summed E-state index contributed by atoms with van der Waals surface area (Å²) < 4.78 is 29.3. The van der Waals surface area contributed by atoms with E-state index in [1.54, 1.807) is 35.4 Å². The molecule has 4 rings (SSSR count). The van der Waals surface area contributed by atoms with Crippen molar-refractivity contribution in [1.82, 2.24) is 15.2 Å². The highest BCUT2D eigenvalue weighted by molar-refractivity contribution is 5.95. The first-order valence-electron chi connectivity index (χ1n) is 10.3. The predicted molar refractivity (Wildman–Crippen MR) is 110 cm³/mol. The number of fused-ring (bicyclic) bond motifs is 1. The van der Waals surface area contributed by atoms with E-state index in [4.69, 9.17) is 0 Å². The van der Waals surface area contributed by atoms with Crippen LogP contribution in [0, 0.1) is 17.2 Å². The molecule has 1 unspecified atom stereocenters. The number of alkyl halides is 2. The zero-order chi connectivity index (χ0) is 21.3. The largest absolute Gasteiger partial charge is 0.364 e. The fraction of sp³-hybridized carbons (Fsp3) is 0.500. The first-order valence-corrected chi connectivity index (χ1v) is 10.3. The number of rotatable bonds is 3. The van der Waals surface area contributed by atoms with Gasteiger partial charge in [-0.3, -0.25) is 9.78 Å². The van der Waals surface area contributed by atoms with E-state index in [1.165, 1.54) is 0 Å². The van der Waals surface area contributed by atoms with Crippen LogP contribution < -0.4 is 10.2 Å². The minimum atomic E-state index is -2.98. The lowest BCUT2D eigenvalue weighted by atomic mass is 9.92. The quantitative estimate of drug-likeness (QED) is 0.838. The average molecular weight is 413 g/mol. The van der Waals surface area contributed by atoms with Gasteiger partial charge in [0.05, 0.1) is 23.5 Å². The third-order valence-corrected chi connectivity index (χ3v) is 6.05. The number of benzene rings is 1. The van der Waals surface area contributed by atoms with Gasteiger partial charge in [-0.25, -0.2) is 8.78 Å². The van der Waals surface area contributed by atoms with Gasteiger partial charge in [0.1, 0.15) is 6.07 Å². The molecule has 1 atom stereocenters. The topological polar surface area (TPSA) is 72.3 Å². The van der Waals surface area contributed by atoms with Gasteiger partial charge >= 0.3 is 0 Å². The van der Waals surface area contributed by atoms with Crippen molar-refractivity contribution < 1.29 is 13.6 Å². The molecule has 2 fully saturated rings. The van der Waals surface area contributed by atoms with E-state index >= 15 is 0 Å². The van der Waals surface area contributed by atoms with Gasteiger partial charge in [-0.2, -0.15) is 5.26 Å². The Bertz CT molecular complexity index is 981. The van der Waals surface area contributed by atoms with Crippen LogP contribution in [0.15, 0.2) is 30.5 Å². The van der Waals surface area contributed by atoms with Crippen molar-refractivity contribution in [3.8, 4) is 6.07 Å². The highest BCUT2D eigenvalue weighted by Crippen LogP contribution is 2.36. The molecule has 2 aromatic rings. The van der Waals surface area contributed by atoms with Gasteiger partial charge in [-0.15, -0.1) is 0 Å². The molecule has 8 heteroatoms. The van der Waals surface area contributed by atoms with Crippen molar-refractivity contribution >= 4 is 22.5 Å². The molecule has 1 aromatic heterocycles. The number of aromatic nitrogens is 1. The van der Waals surface area contributed by atoms with Crippen molar-refractivity contribution in [1.29, 1.82) is 5.26 Å². The number of nitriles is 1. The summed E-state index contributed by atoms with van der Waals surface area (Å²) in [6.45, 7) is 1.54. The van der Waals surface area contributed by atoms with E-state index in [1.807, 2.05) is 7.05 Å². The van der Waals surface area contributed by atoms with Gasteiger partial charge in [-0.1, -0.05) is 0 Å². The highest BCUT2D eigenvalue weighted by Gasteiger charge is 2.43. The van der Waals surface area contributed by atoms with E-state index in [0.717, 1.165) is 25.9 Å². The summed E-state index contributed by atoms with van der Waals surface area (Å²) in [6, 6.07) is 8.91. The molecular weight excluding hydrogens is 388 g/mol. The Morgan fingerprint density at radius 1 is 1.30 bits per heavy atom. The molecule has 3 heterocycles. The molecule has 158 valence electrons. The maximum absolute atomic E-state index is 14.6. The van der Waals surface area contributed by atoms with Crippen molar-refractivity contribution in [3.63, 3.8) is 0 Å². The van der Waals surface area contributed by atoms with Gasteiger partial charge < -0.3 is 15.1 Å². The van der Waals surface area contributed by atoms with Crippen LogP contribution in [0.3, 0.4) is 0 Å². The van der Waals surface area contributed by atoms with E-state index < -0.39 is 24.8 Å². The fourth-order valence-electron chi connectivity index (χ4n) is 4.45. The first kappa shape index (κ1) is 20.5. The third-order valence-electron chi connectivity index (χ3n) is 6.05. The monoisotopic (exact) mass is 413 g/mol. The van der Waals surface area contributed by atoms with E-state index in [2.05, 4.69) is 21.3 Å². The summed E-state index contributed by atoms with van der Waals surface area (Å²) in [5.74, 6) is -4.07. The number of carbonyl (C=O) groups excluding carboxylic acids is 1. The molecule has 1 aromatic carbocycles. The van der Waals surface area contributed by atoms with E-state index in [9.17, 15) is 18.8 Å². The summed E-state index contributed by atoms with van der Waals surface area (Å²) in [5, 5.41) is 13.0. The Kier molecular flexibility index (Phi) is 5.56. The summed E-state index contributed by atoms with van der Waals surface area (Å²) in [4.78, 5) is 20.9. The SMILES string of the molecule is CN1CCC(NC(=O)C2CN(c3ccc(C#N)c4ncccc34)CC(F)(F)C2)CC1. The van der Waals surface area contributed by atoms with E-state index in [0.29, 0.717) is 22.2 Å². The molecule has 1 N–H and O–H groups in total. The average Bonchev–Trinajstić information content (AvgIpc) is 2.73. The van der Waals surface area contributed by atoms with Crippen molar-refractivity contribution in [2.75, 3.05) is 38.1 Å². The van der Waals surface area contributed by atoms with Crippen LogP contribution in [0.4, 0.5) is 14.5 Å². The minimum absolute atomic E-state index is 0.0395. The minimum Gasteiger partial charge on any atom is -0.364 e. The Morgan fingerprint density at radius 3 is 2.80 bits per heavy atom. The smallest absolute Gasteiger partial charge is 0.266 e. The lowest BCUT2D eigenvalue weighted by molar-refractivity contribution is -0.130.